The average Bonchev–Trinajstić information content (AvgIpc) is 2.70. The molecule has 3 rings (SSSR count). The van der Waals surface area contributed by atoms with E-state index in [4.69, 9.17) is 15.2 Å². The molecule has 0 spiro atoms. The van der Waals surface area contributed by atoms with E-state index in [0.29, 0.717) is 42.1 Å². The first-order valence-corrected chi connectivity index (χ1v) is 9.88. The highest BCUT2D eigenvalue weighted by Gasteiger charge is 2.28. The van der Waals surface area contributed by atoms with Crippen LogP contribution in [-0.2, 0) is 4.74 Å². The van der Waals surface area contributed by atoms with Crippen LogP contribution in [0, 0.1) is 0 Å². The van der Waals surface area contributed by atoms with Crippen LogP contribution in [-0.4, -0.2) is 57.8 Å². The highest BCUT2D eigenvalue weighted by molar-refractivity contribution is 5.69. The number of rotatable bonds is 5. The lowest BCUT2D eigenvalue weighted by Crippen LogP contribution is -2.47. The number of ether oxygens (including phenoxy) is 2. The zero-order valence-electron chi connectivity index (χ0n) is 17.8. The van der Waals surface area contributed by atoms with Crippen LogP contribution in [0.1, 0.15) is 33.6 Å². The van der Waals surface area contributed by atoms with Gasteiger partial charge in [0.2, 0.25) is 11.8 Å². The first-order chi connectivity index (χ1) is 14.2. The number of pyridine rings is 1. The van der Waals surface area contributed by atoms with Gasteiger partial charge >= 0.3 is 6.09 Å². The molecule has 3 heterocycles. The zero-order valence-corrected chi connectivity index (χ0v) is 17.8. The number of amides is 1. The summed E-state index contributed by atoms with van der Waals surface area (Å²) in [5.74, 6) is 1.30. The molecule has 1 aliphatic heterocycles. The number of nitrogens with one attached hydrogen (secondary N) is 2. The Labute approximate surface area is 176 Å². The fourth-order valence-electron chi connectivity index (χ4n) is 3.12. The maximum absolute atomic E-state index is 12.4. The lowest BCUT2D eigenvalue weighted by Gasteiger charge is -2.34. The van der Waals surface area contributed by atoms with Gasteiger partial charge in [-0.05, 0) is 45.7 Å². The van der Waals surface area contributed by atoms with E-state index in [-0.39, 0.29) is 12.1 Å². The molecule has 10 nitrogen and oxygen atoms in total. The molecular formula is C20H29N7O3. The lowest BCUT2D eigenvalue weighted by molar-refractivity contribution is 0.0206. The van der Waals surface area contributed by atoms with Crippen molar-refractivity contribution in [3.63, 3.8) is 0 Å². The molecule has 162 valence electrons. The lowest BCUT2D eigenvalue weighted by atomic mass is 10.1. The van der Waals surface area contributed by atoms with Crippen molar-refractivity contribution in [2.75, 3.05) is 36.6 Å². The van der Waals surface area contributed by atoms with Crippen molar-refractivity contribution >= 4 is 29.2 Å². The molecule has 30 heavy (non-hydrogen) atoms. The molecule has 0 aromatic carbocycles. The number of methoxy groups -OCH3 is 1. The van der Waals surface area contributed by atoms with Gasteiger partial charge in [-0.25, -0.2) is 14.8 Å². The van der Waals surface area contributed by atoms with Gasteiger partial charge in [0, 0.05) is 25.3 Å². The smallest absolute Gasteiger partial charge is 0.410 e. The van der Waals surface area contributed by atoms with E-state index in [1.807, 2.05) is 26.8 Å². The van der Waals surface area contributed by atoms with Crippen LogP contribution in [0.2, 0.25) is 0 Å². The summed E-state index contributed by atoms with van der Waals surface area (Å²) in [6.07, 6.45) is 4.62. The predicted molar refractivity (Wildman–Crippen MR) is 115 cm³/mol. The summed E-state index contributed by atoms with van der Waals surface area (Å²) in [5, 5.41) is 6.43. The normalized spacial score (nSPS) is 16.7. The van der Waals surface area contributed by atoms with E-state index in [0.717, 1.165) is 12.8 Å². The third-order valence-electron chi connectivity index (χ3n) is 4.44. The summed E-state index contributed by atoms with van der Waals surface area (Å²) in [6, 6.07) is 3.61. The molecule has 0 saturated carbocycles. The number of nitrogens with two attached hydrogens (primary N) is 1. The molecule has 0 radical (unpaired) electrons. The summed E-state index contributed by atoms with van der Waals surface area (Å²) < 4.78 is 10.7. The summed E-state index contributed by atoms with van der Waals surface area (Å²) in [6.45, 7) is 6.76. The first kappa shape index (κ1) is 21.4. The minimum Gasteiger partial charge on any atom is -0.480 e. The Morgan fingerprint density at radius 1 is 1.33 bits per heavy atom. The van der Waals surface area contributed by atoms with Crippen molar-refractivity contribution in [2.24, 2.45) is 0 Å². The second kappa shape index (κ2) is 9.02. The van der Waals surface area contributed by atoms with Crippen molar-refractivity contribution in [1.29, 1.82) is 0 Å². The molecule has 0 unspecified atom stereocenters. The summed E-state index contributed by atoms with van der Waals surface area (Å²) in [4.78, 5) is 27.0. The Kier molecular flexibility index (Phi) is 6.43. The zero-order chi connectivity index (χ0) is 21.7. The number of hydrogen-bond acceptors (Lipinski definition) is 9. The minimum absolute atomic E-state index is 0.00393. The SMILES string of the molecule is COc1ncccc1Nc1ncc(N)c(N[C@H]2CCCN(C(=O)OC(C)(C)C)C2)n1. The maximum Gasteiger partial charge on any atom is 0.410 e. The Morgan fingerprint density at radius 3 is 2.87 bits per heavy atom. The van der Waals surface area contributed by atoms with Crippen LogP contribution in [0.3, 0.4) is 0 Å². The quantitative estimate of drug-likeness (QED) is 0.675. The molecule has 1 amide bonds. The number of hydrogen-bond donors (Lipinski definition) is 3. The van der Waals surface area contributed by atoms with E-state index in [9.17, 15) is 4.79 Å². The molecule has 1 aliphatic rings. The monoisotopic (exact) mass is 415 g/mol. The Hall–Kier alpha value is -3.30. The Balaban J connectivity index is 1.69. The van der Waals surface area contributed by atoms with Crippen LogP contribution in [0.25, 0.3) is 0 Å². The third kappa shape index (κ3) is 5.62. The molecule has 10 heteroatoms. The second-order valence-corrected chi connectivity index (χ2v) is 8.09. The molecule has 4 N–H and O–H groups in total. The molecule has 2 aromatic rings. The van der Waals surface area contributed by atoms with Crippen LogP contribution in [0.5, 0.6) is 5.88 Å². The van der Waals surface area contributed by atoms with Crippen LogP contribution in [0.4, 0.5) is 27.9 Å². The number of nitrogens with zero attached hydrogens (tertiary/aromatic N) is 4. The fourth-order valence-corrected chi connectivity index (χ4v) is 3.12. The van der Waals surface area contributed by atoms with Gasteiger partial charge in [0.15, 0.2) is 5.82 Å². The third-order valence-corrected chi connectivity index (χ3v) is 4.44. The Morgan fingerprint density at radius 2 is 2.13 bits per heavy atom. The number of aromatic nitrogens is 3. The molecule has 1 atom stereocenters. The number of carbonyl (C=O) groups excluding carboxylic acids is 1. The number of likely N-dealkylation sites (tertiary alicyclic amines) is 1. The van der Waals surface area contributed by atoms with Crippen molar-refractivity contribution in [3.05, 3.63) is 24.5 Å². The number of carbonyl (C=O) groups is 1. The Bertz CT molecular complexity index is 885. The average molecular weight is 415 g/mol. The van der Waals surface area contributed by atoms with Crippen LogP contribution in [0.15, 0.2) is 24.5 Å². The van der Waals surface area contributed by atoms with Crippen molar-refractivity contribution in [2.45, 2.75) is 45.3 Å². The maximum atomic E-state index is 12.4. The van der Waals surface area contributed by atoms with Crippen molar-refractivity contribution in [1.82, 2.24) is 19.9 Å². The topological polar surface area (TPSA) is 128 Å². The summed E-state index contributed by atoms with van der Waals surface area (Å²) in [7, 11) is 1.55. The van der Waals surface area contributed by atoms with E-state index >= 15 is 0 Å². The molecule has 1 fully saturated rings. The number of anilines is 4. The fraction of sp³-hybridized carbons (Fsp3) is 0.500. The van der Waals surface area contributed by atoms with E-state index in [2.05, 4.69) is 25.6 Å². The first-order valence-electron chi connectivity index (χ1n) is 9.88. The van der Waals surface area contributed by atoms with Crippen molar-refractivity contribution in [3.8, 4) is 5.88 Å². The largest absolute Gasteiger partial charge is 0.480 e. The van der Waals surface area contributed by atoms with E-state index in [1.54, 1.807) is 24.3 Å². The predicted octanol–water partition coefficient (Wildman–Crippen LogP) is 3.02. The van der Waals surface area contributed by atoms with Crippen LogP contribution >= 0.6 is 0 Å². The van der Waals surface area contributed by atoms with Crippen molar-refractivity contribution < 1.29 is 14.3 Å². The number of piperidine rings is 1. The van der Waals surface area contributed by atoms with Gasteiger partial charge < -0.3 is 30.7 Å². The highest BCUT2D eigenvalue weighted by atomic mass is 16.6. The highest BCUT2D eigenvalue weighted by Crippen LogP contribution is 2.26. The van der Waals surface area contributed by atoms with E-state index in [1.165, 1.54) is 6.20 Å². The van der Waals surface area contributed by atoms with E-state index < -0.39 is 5.60 Å². The van der Waals surface area contributed by atoms with Gasteiger partial charge in [0.05, 0.1) is 19.0 Å². The van der Waals surface area contributed by atoms with Gasteiger partial charge in [-0.2, -0.15) is 4.98 Å². The van der Waals surface area contributed by atoms with Gasteiger partial charge in [-0.3, -0.25) is 0 Å². The minimum atomic E-state index is -0.525. The standard InChI is InChI=1S/C20H29N7O3/c1-20(2,3)30-19(28)27-10-6-7-13(12-27)24-16-14(21)11-23-18(26-16)25-15-8-5-9-22-17(15)29-4/h5,8-9,11,13H,6-7,10,12,21H2,1-4H3,(H2,23,24,25,26)/t13-/m0/s1. The molecule has 0 bridgehead atoms. The van der Waals surface area contributed by atoms with Gasteiger partial charge in [0.1, 0.15) is 11.3 Å². The van der Waals surface area contributed by atoms with Gasteiger partial charge in [0.25, 0.3) is 0 Å². The molecular weight excluding hydrogens is 386 g/mol. The second-order valence-electron chi connectivity index (χ2n) is 8.09. The molecule has 2 aromatic heterocycles. The molecule has 1 saturated heterocycles. The van der Waals surface area contributed by atoms with Gasteiger partial charge in [-0.1, -0.05) is 0 Å². The van der Waals surface area contributed by atoms with Gasteiger partial charge in [-0.15, -0.1) is 0 Å². The summed E-state index contributed by atoms with van der Waals surface area (Å²) in [5.41, 5.74) is 6.62. The van der Waals surface area contributed by atoms with Crippen LogP contribution < -0.4 is 21.1 Å². The molecule has 0 aliphatic carbocycles. The summed E-state index contributed by atoms with van der Waals surface area (Å²) >= 11 is 0. The number of nitrogen functional groups attached to an aromatic ring is 1.